The topological polar surface area (TPSA) is 55.4 Å². The van der Waals surface area contributed by atoms with Crippen LogP contribution < -0.4 is 5.32 Å². The lowest BCUT2D eigenvalue weighted by Crippen LogP contribution is -2.30. The van der Waals surface area contributed by atoms with Crippen LogP contribution in [0.25, 0.3) is 0 Å². The summed E-state index contributed by atoms with van der Waals surface area (Å²) < 4.78 is 4.93. The molecule has 1 amide bonds. The van der Waals surface area contributed by atoms with Gasteiger partial charge in [0.2, 0.25) is 0 Å². The smallest absolute Gasteiger partial charge is 0.408 e. The molecule has 0 radical (unpaired) electrons. The second-order valence-corrected chi connectivity index (χ2v) is 4.75. The van der Waals surface area contributed by atoms with E-state index in [9.17, 15) is 9.59 Å². The highest BCUT2D eigenvalue weighted by atomic mass is 32.1. The van der Waals surface area contributed by atoms with E-state index < -0.39 is 12.1 Å². The zero-order chi connectivity index (χ0) is 12.0. The minimum Gasteiger partial charge on any atom is -0.449 e. The van der Waals surface area contributed by atoms with E-state index in [0.717, 1.165) is 4.88 Å². The summed E-state index contributed by atoms with van der Waals surface area (Å²) in [6.45, 7) is 4.25. The molecule has 0 saturated carbocycles. The number of hydrogen-bond donors (Lipinski definition) is 1. The summed E-state index contributed by atoms with van der Waals surface area (Å²) >= 11 is 1.42. The molecule has 0 aliphatic rings. The molecular weight excluding hydrogens is 226 g/mol. The predicted molar refractivity (Wildman–Crippen MR) is 62.4 cm³/mol. The van der Waals surface area contributed by atoms with Crippen molar-refractivity contribution in [2.75, 3.05) is 6.61 Å². The first kappa shape index (κ1) is 12.7. The van der Waals surface area contributed by atoms with E-state index in [4.69, 9.17) is 4.74 Å². The lowest BCUT2D eigenvalue weighted by Gasteiger charge is -2.12. The molecule has 1 aromatic heterocycles. The largest absolute Gasteiger partial charge is 0.449 e. The van der Waals surface area contributed by atoms with E-state index in [-0.39, 0.29) is 5.92 Å². The van der Waals surface area contributed by atoms with Crippen molar-refractivity contribution in [3.8, 4) is 0 Å². The van der Waals surface area contributed by atoms with Crippen molar-refractivity contribution in [2.45, 2.75) is 19.9 Å². The Labute approximate surface area is 98.6 Å². The van der Waals surface area contributed by atoms with Crippen LogP contribution in [0.5, 0.6) is 0 Å². The van der Waals surface area contributed by atoms with E-state index >= 15 is 0 Å². The van der Waals surface area contributed by atoms with Crippen LogP contribution in [0, 0.1) is 5.92 Å². The molecule has 88 valence electrons. The van der Waals surface area contributed by atoms with Crippen LogP contribution in [0.3, 0.4) is 0 Å². The van der Waals surface area contributed by atoms with Gasteiger partial charge in [-0.25, -0.2) is 4.79 Å². The fraction of sp³-hybridized carbons (Fsp3) is 0.455. The lowest BCUT2D eigenvalue weighted by molar-refractivity contribution is -0.109. The molecule has 1 rings (SSSR count). The van der Waals surface area contributed by atoms with Crippen molar-refractivity contribution < 1.29 is 14.3 Å². The van der Waals surface area contributed by atoms with Crippen LogP contribution in [0.15, 0.2) is 17.5 Å². The van der Waals surface area contributed by atoms with Gasteiger partial charge in [-0.05, 0) is 17.4 Å². The molecule has 4 nitrogen and oxygen atoms in total. The van der Waals surface area contributed by atoms with Gasteiger partial charge in [0.05, 0.1) is 6.61 Å². The maximum Gasteiger partial charge on any atom is 0.408 e. The van der Waals surface area contributed by atoms with E-state index in [1.165, 1.54) is 11.3 Å². The van der Waals surface area contributed by atoms with Crippen LogP contribution >= 0.6 is 11.3 Å². The van der Waals surface area contributed by atoms with E-state index in [2.05, 4.69) is 5.32 Å². The standard InChI is InChI=1S/C11H15NO3S/c1-8(2)7-15-11(14)12-9(6-13)10-4-3-5-16-10/h3-6,8-9H,7H2,1-2H3,(H,12,14). The summed E-state index contributed by atoms with van der Waals surface area (Å²) in [4.78, 5) is 22.9. The first-order valence-corrected chi connectivity index (χ1v) is 5.93. The van der Waals surface area contributed by atoms with Gasteiger partial charge in [-0.3, -0.25) is 0 Å². The maximum absolute atomic E-state index is 11.3. The van der Waals surface area contributed by atoms with E-state index in [1.54, 1.807) is 6.07 Å². The average molecular weight is 241 g/mol. The molecule has 16 heavy (non-hydrogen) atoms. The molecule has 1 atom stereocenters. The van der Waals surface area contributed by atoms with Gasteiger partial charge in [0, 0.05) is 4.88 Å². The highest BCUT2D eigenvalue weighted by Gasteiger charge is 2.15. The van der Waals surface area contributed by atoms with Gasteiger partial charge >= 0.3 is 6.09 Å². The van der Waals surface area contributed by atoms with Gasteiger partial charge in [0.1, 0.15) is 12.3 Å². The summed E-state index contributed by atoms with van der Waals surface area (Å²) in [6, 6.07) is 3.02. The number of carbonyl (C=O) groups is 2. The third-order valence-electron chi connectivity index (χ3n) is 1.81. The zero-order valence-corrected chi connectivity index (χ0v) is 10.1. The summed E-state index contributed by atoms with van der Waals surface area (Å²) in [5.74, 6) is 0.280. The first-order chi connectivity index (χ1) is 7.63. The van der Waals surface area contributed by atoms with Crippen molar-refractivity contribution in [1.29, 1.82) is 0 Å². The number of aldehydes is 1. The third kappa shape index (κ3) is 4.02. The number of ether oxygens (including phenoxy) is 1. The molecule has 0 aromatic carbocycles. The van der Waals surface area contributed by atoms with Crippen LogP contribution in [-0.4, -0.2) is 19.0 Å². The molecular formula is C11H15NO3S. The Hall–Kier alpha value is -1.36. The molecule has 5 heteroatoms. The Morgan fingerprint density at radius 1 is 1.62 bits per heavy atom. The van der Waals surface area contributed by atoms with E-state index in [0.29, 0.717) is 12.9 Å². The first-order valence-electron chi connectivity index (χ1n) is 5.05. The van der Waals surface area contributed by atoms with E-state index in [1.807, 2.05) is 25.3 Å². The molecule has 0 fully saturated rings. The van der Waals surface area contributed by atoms with Gasteiger partial charge in [-0.2, -0.15) is 0 Å². The number of thiophene rings is 1. The third-order valence-corrected chi connectivity index (χ3v) is 2.76. The fourth-order valence-electron chi connectivity index (χ4n) is 1.05. The SMILES string of the molecule is CC(C)COC(=O)NC(C=O)c1cccs1. The Bertz CT molecular complexity index is 335. The van der Waals surface area contributed by atoms with Crippen molar-refractivity contribution in [2.24, 2.45) is 5.92 Å². The summed E-state index contributed by atoms with van der Waals surface area (Å²) in [5, 5.41) is 4.36. The molecule has 1 N–H and O–H groups in total. The number of rotatable bonds is 5. The molecule has 1 heterocycles. The molecule has 0 saturated heterocycles. The molecule has 0 aliphatic carbocycles. The van der Waals surface area contributed by atoms with Crippen molar-refractivity contribution in [3.05, 3.63) is 22.4 Å². The Balaban J connectivity index is 2.45. The highest BCUT2D eigenvalue weighted by molar-refractivity contribution is 7.10. The Morgan fingerprint density at radius 3 is 2.88 bits per heavy atom. The molecule has 1 aromatic rings. The maximum atomic E-state index is 11.3. The monoisotopic (exact) mass is 241 g/mol. The van der Waals surface area contributed by atoms with Gasteiger partial charge < -0.3 is 14.8 Å². The average Bonchev–Trinajstić information content (AvgIpc) is 2.76. The van der Waals surface area contributed by atoms with Crippen molar-refractivity contribution >= 4 is 23.7 Å². The molecule has 0 aliphatic heterocycles. The molecule has 1 unspecified atom stereocenters. The van der Waals surface area contributed by atoms with Gasteiger partial charge in [0.15, 0.2) is 0 Å². The van der Waals surface area contributed by atoms with Crippen molar-refractivity contribution in [3.63, 3.8) is 0 Å². The Kier molecular flexibility index (Phi) is 4.98. The van der Waals surface area contributed by atoms with Gasteiger partial charge in [0.25, 0.3) is 0 Å². The number of carbonyl (C=O) groups excluding carboxylic acids is 2. The number of nitrogens with one attached hydrogen (secondary N) is 1. The molecule has 0 spiro atoms. The minimum atomic E-state index is -0.611. The molecule has 0 bridgehead atoms. The number of alkyl carbamates (subject to hydrolysis) is 1. The normalized spacial score (nSPS) is 12.2. The highest BCUT2D eigenvalue weighted by Crippen LogP contribution is 2.17. The van der Waals surface area contributed by atoms with Crippen LogP contribution in [0.2, 0.25) is 0 Å². The quantitative estimate of drug-likeness (QED) is 0.805. The van der Waals surface area contributed by atoms with Crippen LogP contribution in [0.4, 0.5) is 4.79 Å². The second-order valence-electron chi connectivity index (χ2n) is 3.77. The Morgan fingerprint density at radius 2 is 2.38 bits per heavy atom. The predicted octanol–water partition coefficient (Wildman–Crippen LogP) is 2.37. The zero-order valence-electron chi connectivity index (χ0n) is 9.30. The van der Waals surface area contributed by atoms with Gasteiger partial charge in [-0.1, -0.05) is 19.9 Å². The van der Waals surface area contributed by atoms with Gasteiger partial charge in [-0.15, -0.1) is 11.3 Å². The van der Waals surface area contributed by atoms with Crippen LogP contribution in [-0.2, 0) is 9.53 Å². The number of amides is 1. The minimum absolute atomic E-state index is 0.280. The summed E-state index contributed by atoms with van der Waals surface area (Å²) in [5.41, 5.74) is 0. The summed E-state index contributed by atoms with van der Waals surface area (Å²) in [7, 11) is 0. The summed E-state index contributed by atoms with van der Waals surface area (Å²) in [6.07, 6.45) is 0.141. The lowest BCUT2D eigenvalue weighted by atomic mass is 10.2. The van der Waals surface area contributed by atoms with Crippen molar-refractivity contribution in [1.82, 2.24) is 5.32 Å². The fourth-order valence-corrected chi connectivity index (χ4v) is 1.78. The number of hydrogen-bond acceptors (Lipinski definition) is 4. The van der Waals surface area contributed by atoms with Crippen LogP contribution in [0.1, 0.15) is 24.8 Å². The second kappa shape index (κ2) is 6.27.